The quantitative estimate of drug-likeness (QED) is 0.573. The number of rotatable bonds is 6. The van der Waals surface area contributed by atoms with Gasteiger partial charge in [0.2, 0.25) is 0 Å². The van der Waals surface area contributed by atoms with Gasteiger partial charge in [-0.05, 0) is 55.5 Å². The lowest BCUT2D eigenvalue weighted by molar-refractivity contribution is 0.0934. The van der Waals surface area contributed by atoms with E-state index in [1.54, 1.807) is 30.4 Å². The van der Waals surface area contributed by atoms with Crippen LogP contribution in [-0.2, 0) is 9.84 Å². The summed E-state index contributed by atoms with van der Waals surface area (Å²) < 4.78 is 24.0. The first kappa shape index (κ1) is 22.0. The molecule has 31 heavy (non-hydrogen) atoms. The van der Waals surface area contributed by atoms with E-state index in [-0.39, 0.29) is 17.7 Å². The van der Waals surface area contributed by atoms with Gasteiger partial charge in [-0.25, -0.2) is 13.4 Å². The van der Waals surface area contributed by atoms with E-state index >= 15 is 0 Å². The molecule has 1 fully saturated rings. The summed E-state index contributed by atoms with van der Waals surface area (Å²) in [4.78, 5) is 21.7. The second-order valence-electron chi connectivity index (χ2n) is 7.54. The molecule has 3 aromatic rings. The molecule has 0 radical (unpaired) electrons. The van der Waals surface area contributed by atoms with Crippen LogP contribution in [0.1, 0.15) is 35.1 Å². The van der Waals surface area contributed by atoms with E-state index in [0.717, 1.165) is 47.2 Å². The van der Waals surface area contributed by atoms with E-state index in [0.29, 0.717) is 9.77 Å². The molecule has 9 heteroatoms. The van der Waals surface area contributed by atoms with Crippen molar-refractivity contribution in [3.8, 4) is 9.88 Å². The largest absolute Gasteiger partial charge is 0.371 e. The molecule has 0 aliphatic carbocycles. The molecule has 1 saturated heterocycles. The molecular formula is C22H25N3O3S3. The fourth-order valence-corrected chi connectivity index (χ4v) is 6.33. The summed E-state index contributed by atoms with van der Waals surface area (Å²) in [6.07, 6.45) is 1.69. The van der Waals surface area contributed by atoms with Gasteiger partial charge < -0.3 is 10.2 Å². The zero-order valence-electron chi connectivity index (χ0n) is 17.5. The van der Waals surface area contributed by atoms with Crippen LogP contribution < -0.4 is 10.2 Å². The maximum Gasteiger partial charge on any atom is 0.263 e. The summed E-state index contributed by atoms with van der Waals surface area (Å²) in [7, 11) is -3.18. The highest BCUT2D eigenvalue weighted by Crippen LogP contribution is 2.31. The number of sulfone groups is 1. The summed E-state index contributed by atoms with van der Waals surface area (Å²) in [5.74, 6) is 0.0521. The number of amides is 1. The minimum atomic E-state index is -3.18. The number of thiophene rings is 1. The number of hydrogen-bond donors (Lipinski definition) is 1. The fourth-order valence-electron chi connectivity index (χ4n) is 3.68. The van der Waals surface area contributed by atoms with Crippen LogP contribution in [0.15, 0.2) is 46.7 Å². The van der Waals surface area contributed by atoms with Gasteiger partial charge in [0.25, 0.3) is 5.91 Å². The summed E-state index contributed by atoms with van der Waals surface area (Å²) >= 11 is 3.07. The first-order valence-corrected chi connectivity index (χ1v) is 13.6. The third kappa shape index (κ3) is 4.83. The minimum absolute atomic E-state index is 0.0506. The fraction of sp³-hybridized carbons (Fsp3) is 0.364. The van der Waals surface area contributed by atoms with Gasteiger partial charge in [-0.1, -0.05) is 13.0 Å². The van der Waals surface area contributed by atoms with Crippen molar-refractivity contribution in [3.05, 3.63) is 52.3 Å². The standard InChI is InChI=1S/C22H25N3O3S3/c1-3-31(27,28)18-8-6-17(7-9-18)25-12-10-16(11-13-25)24-21(26)20-15(2)23-22(30-20)19-5-4-14-29-19/h4-9,14,16H,3,10-13H2,1-2H3,(H,24,26). The SMILES string of the molecule is CCS(=O)(=O)c1ccc(N2CCC(NC(=O)c3sc(-c4cccs4)nc3C)CC2)cc1. The predicted molar refractivity (Wildman–Crippen MR) is 127 cm³/mol. The Morgan fingerprint density at radius 2 is 1.90 bits per heavy atom. The third-order valence-corrected chi connectivity index (χ3v) is 9.45. The monoisotopic (exact) mass is 475 g/mol. The molecule has 1 N–H and O–H groups in total. The van der Waals surface area contributed by atoms with Gasteiger partial charge >= 0.3 is 0 Å². The van der Waals surface area contributed by atoms with Gasteiger partial charge in [-0.3, -0.25) is 4.79 Å². The maximum atomic E-state index is 12.8. The average Bonchev–Trinajstić information content (AvgIpc) is 3.44. The topological polar surface area (TPSA) is 79.4 Å². The normalized spacial score (nSPS) is 15.2. The zero-order valence-corrected chi connectivity index (χ0v) is 19.9. The van der Waals surface area contributed by atoms with Gasteiger partial charge in [-0.15, -0.1) is 22.7 Å². The zero-order chi connectivity index (χ0) is 22.0. The van der Waals surface area contributed by atoms with Crippen molar-refractivity contribution < 1.29 is 13.2 Å². The number of nitrogens with one attached hydrogen (secondary N) is 1. The highest BCUT2D eigenvalue weighted by Gasteiger charge is 2.24. The van der Waals surface area contributed by atoms with E-state index in [1.807, 2.05) is 36.6 Å². The third-order valence-electron chi connectivity index (χ3n) is 5.51. The lowest BCUT2D eigenvalue weighted by Crippen LogP contribution is -2.44. The van der Waals surface area contributed by atoms with Crippen molar-refractivity contribution in [2.45, 2.75) is 37.6 Å². The van der Waals surface area contributed by atoms with Crippen LogP contribution in [0.5, 0.6) is 0 Å². The van der Waals surface area contributed by atoms with E-state index < -0.39 is 9.84 Å². The molecule has 0 spiro atoms. The predicted octanol–water partition coefficient (Wildman–Crippen LogP) is 4.37. The Bertz CT molecular complexity index is 1140. The summed E-state index contributed by atoms with van der Waals surface area (Å²) in [5.41, 5.74) is 1.78. The Kier molecular flexibility index (Phi) is 6.45. The van der Waals surface area contributed by atoms with Gasteiger partial charge in [0.1, 0.15) is 9.88 Å². The Morgan fingerprint density at radius 1 is 1.19 bits per heavy atom. The number of thiazole rings is 1. The van der Waals surface area contributed by atoms with Gasteiger partial charge in [-0.2, -0.15) is 0 Å². The smallest absolute Gasteiger partial charge is 0.263 e. The number of benzene rings is 1. The Morgan fingerprint density at radius 3 is 2.52 bits per heavy atom. The van der Waals surface area contributed by atoms with E-state index in [4.69, 9.17) is 0 Å². The molecule has 4 rings (SSSR count). The van der Waals surface area contributed by atoms with E-state index in [9.17, 15) is 13.2 Å². The van der Waals surface area contributed by atoms with E-state index in [1.165, 1.54) is 11.3 Å². The minimum Gasteiger partial charge on any atom is -0.371 e. The number of aromatic nitrogens is 1. The molecule has 1 aliphatic heterocycles. The first-order chi connectivity index (χ1) is 14.9. The maximum absolute atomic E-state index is 12.8. The lowest BCUT2D eigenvalue weighted by Gasteiger charge is -2.34. The van der Waals surface area contributed by atoms with Crippen LogP contribution in [-0.4, -0.2) is 44.2 Å². The lowest BCUT2D eigenvalue weighted by atomic mass is 10.0. The molecule has 2 aromatic heterocycles. The number of aryl methyl sites for hydroxylation is 1. The van der Waals surface area contributed by atoms with Crippen molar-refractivity contribution in [1.82, 2.24) is 10.3 Å². The van der Waals surface area contributed by atoms with Gasteiger partial charge in [0, 0.05) is 24.8 Å². The Balaban J connectivity index is 1.35. The molecule has 6 nitrogen and oxygen atoms in total. The van der Waals surface area contributed by atoms with Gasteiger partial charge in [0.15, 0.2) is 9.84 Å². The van der Waals surface area contributed by atoms with Crippen LogP contribution in [0.3, 0.4) is 0 Å². The second-order valence-corrected chi connectivity index (χ2v) is 11.8. The molecule has 0 saturated carbocycles. The van der Waals surface area contributed by atoms with Crippen LogP contribution in [0.25, 0.3) is 9.88 Å². The van der Waals surface area contributed by atoms with E-state index in [2.05, 4.69) is 15.2 Å². The molecule has 0 unspecified atom stereocenters. The van der Waals surface area contributed by atoms with Crippen molar-refractivity contribution >= 4 is 44.1 Å². The summed E-state index contributed by atoms with van der Waals surface area (Å²) in [6.45, 7) is 5.16. The second kappa shape index (κ2) is 9.10. The van der Waals surface area contributed by atoms with Crippen molar-refractivity contribution in [3.63, 3.8) is 0 Å². The molecular weight excluding hydrogens is 450 g/mol. The Labute approximate surface area is 190 Å². The number of anilines is 1. The molecule has 0 bridgehead atoms. The molecule has 164 valence electrons. The highest BCUT2D eigenvalue weighted by molar-refractivity contribution is 7.91. The van der Waals surface area contributed by atoms with Crippen LogP contribution in [0.2, 0.25) is 0 Å². The van der Waals surface area contributed by atoms with Gasteiger partial charge in [0.05, 0.1) is 21.2 Å². The number of carbonyl (C=O) groups is 1. The summed E-state index contributed by atoms with van der Waals surface area (Å²) in [6, 6.07) is 11.2. The van der Waals surface area contributed by atoms with Crippen molar-refractivity contribution in [1.29, 1.82) is 0 Å². The van der Waals surface area contributed by atoms with Crippen molar-refractivity contribution in [2.24, 2.45) is 0 Å². The first-order valence-electron chi connectivity index (χ1n) is 10.3. The molecule has 3 heterocycles. The molecule has 1 aromatic carbocycles. The number of piperidine rings is 1. The number of hydrogen-bond acceptors (Lipinski definition) is 7. The summed E-state index contributed by atoms with van der Waals surface area (Å²) in [5, 5.41) is 6.07. The molecule has 1 amide bonds. The van der Waals surface area contributed by atoms with Crippen molar-refractivity contribution in [2.75, 3.05) is 23.7 Å². The average molecular weight is 476 g/mol. The highest BCUT2D eigenvalue weighted by atomic mass is 32.2. The Hall–Kier alpha value is -2.23. The number of nitrogens with zero attached hydrogens (tertiary/aromatic N) is 2. The molecule has 0 atom stereocenters. The number of carbonyl (C=O) groups excluding carboxylic acids is 1. The van der Waals surface area contributed by atoms with Crippen LogP contribution in [0.4, 0.5) is 5.69 Å². The molecule has 1 aliphatic rings. The van der Waals surface area contributed by atoms with Crippen LogP contribution >= 0.6 is 22.7 Å². The van der Waals surface area contributed by atoms with Crippen LogP contribution in [0, 0.1) is 6.92 Å².